The molecule has 0 N–H and O–H groups in total. The minimum atomic E-state index is -0.832. The van der Waals surface area contributed by atoms with Crippen molar-refractivity contribution in [2.45, 2.75) is 29.9 Å². The fourth-order valence-corrected chi connectivity index (χ4v) is 6.78. The molecule has 14 heteroatoms. The second-order valence-corrected chi connectivity index (χ2v) is 11.7. The van der Waals surface area contributed by atoms with Gasteiger partial charge in [-0.25, -0.2) is 19.8 Å². The van der Waals surface area contributed by atoms with Crippen LogP contribution in [0.1, 0.15) is 31.0 Å². The number of nitro groups is 1. The average Bonchev–Trinajstić information content (AvgIpc) is 3.27. The Balaban J connectivity index is 1.72. The van der Waals surface area contributed by atoms with Crippen LogP contribution in [0.4, 0.5) is 5.69 Å². The van der Waals surface area contributed by atoms with Crippen LogP contribution in [0.15, 0.2) is 90.4 Å². The van der Waals surface area contributed by atoms with E-state index in [2.05, 4.69) is 30.9 Å². The summed E-state index contributed by atoms with van der Waals surface area (Å²) in [7, 11) is 1.54. The Kier molecular flexibility index (Phi) is 8.66. The fraction of sp³-hybridized carbons (Fsp3) is 0.179. The van der Waals surface area contributed by atoms with Crippen molar-refractivity contribution >= 4 is 56.8 Å². The Bertz CT molecular complexity index is 1920. The first-order valence-electron chi connectivity index (χ1n) is 12.5. The van der Waals surface area contributed by atoms with E-state index in [1.54, 1.807) is 69.8 Å². The highest BCUT2D eigenvalue weighted by Crippen LogP contribution is 2.35. The number of fused-ring (bicyclic) bond motifs is 1. The van der Waals surface area contributed by atoms with Crippen molar-refractivity contribution in [3.63, 3.8) is 0 Å². The van der Waals surface area contributed by atoms with E-state index in [1.165, 1.54) is 28.5 Å². The van der Waals surface area contributed by atoms with Crippen molar-refractivity contribution in [2.75, 3.05) is 13.7 Å². The number of hydrogen-bond donors (Lipinski definition) is 0. The molecule has 0 radical (unpaired) electrons. The molecule has 0 saturated carbocycles. The number of ether oxygens (including phenoxy) is 2. The van der Waals surface area contributed by atoms with E-state index in [4.69, 9.17) is 9.47 Å². The normalized spacial score (nSPS) is 14.8. The first kappa shape index (κ1) is 29.4. The summed E-state index contributed by atoms with van der Waals surface area (Å²) in [6.45, 7) is 3.55. The summed E-state index contributed by atoms with van der Waals surface area (Å²) in [4.78, 5) is 52.3. The Morgan fingerprint density at radius 1 is 1.24 bits per heavy atom. The third-order valence-corrected chi connectivity index (χ3v) is 8.83. The lowest BCUT2D eigenvalue weighted by molar-refractivity contribution is -0.384. The lowest BCUT2D eigenvalue weighted by Gasteiger charge is -2.25. The number of hydrogen-bond acceptors (Lipinski definition) is 11. The van der Waals surface area contributed by atoms with E-state index in [-0.39, 0.29) is 22.4 Å². The molecule has 1 aliphatic rings. The number of thiazole rings is 1. The van der Waals surface area contributed by atoms with E-state index < -0.39 is 22.5 Å². The van der Waals surface area contributed by atoms with E-state index >= 15 is 0 Å². The maximum Gasteiger partial charge on any atom is 0.338 e. The zero-order valence-corrected chi connectivity index (χ0v) is 25.7. The maximum absolute atomic E-state index is 14.0. The molecule has 5 rings (SSSR count). The molecule has 0 bridgehead atoms. The van der Waals surface area contributed by atoms with E-state index in [0.717, 1.165) is 11.3 Å². The summed E-state index contributed by atoms with van der Waals surface area (Å²) in [5.74, 6) is 0.00726. The van der Waals surface area contributed by atoms with E-state index in [1.807, 2.05) is 0 Å². The topological polar surface area (TPSA) is 139 Å². The van der Waals surface area contributed by atoms with Gasteiger partial charge in [-0.2, -0.15) is 0 Å². The van der Waals surface area contributed by atoms with Gasteiger partial charge in [0, 0.05) is 29.4 Å². The third kappa shape index (κ3) is 5.78. The molecule has 1 aliphatic heterocycles. The molecular formula is C28H22BrN5O6S2. The quantitative estimate of drug-likeness (QED) is 0.116. The van der Waals surface area contributed by atoms with Gasteiger partial charge >= 0.3 is 5.97 Å². The van der Waals surface area contributed by atoms with Crippen molar-refractivity contribution < 1.29 is 19.2 Å². The Morgan fingerprint density at radius 3 is 2.67 bits per heavy atom. The van der Waals surface area contributed by atoms with Gasteiger partial charge in [0.2, 0.25) is 0 Å². The van der Waals surface area contributed by atoms with Crippen LogP contribution >= 0.6 is 39.0 Å². The molecule has 0 saturated heterocycles. The molecule has 214 valence electrons. The lowest BCUT2D eigenvalue weighted by Crippen LogP contribution is -2.40. The third-order valence-electron chi connectivity index (χ3n) is 6.24. The molecule has 42 heavy (non-hydrogen) atoms. The minimum absolute atomic E-state index is 0.131. The molecule has 0 amide bonds. The zero-order valence-electron chi connectivity index (χ0n) is 22.4. The van der Waals surface area contributed by atoms with Gasteiger partial charge in [-0.05, 0) is 83.0 Å². The highest BCUT2D eigenvalue weighted by atomic mass is 79.9. The van der Waals surface area contributed by atoms with Crippen LogP contribution < -0.4 is 19.6 Å². The van der Waals surface area contributed by atoms with Crippen LogP contribution in [0.3, 0.4) is 0 Å². The molecule has 3 heterocycles. The van der Waals surface area contributed by atoms with Crippen molar-refractivity contribution in [1.29, 1.82) is 0 Å². The zero-order chi connectivity index (χ0) is 30.0. The largest absolute Gasteiger partial charge is 0.496 e. The van der Waals surface area contributed by atoms with Gasteiger partial charge < -0.3 is 9.47 Å². The summed E-state index contributed by atoms with van der Waals surface area (Å²) in [6.07, 6.45) is 4.78. The Morgan fingerprint density at radius 2 is 2.00 bits per heavy atom. The van der Waals surface area contributed by atoms with Crippen molar-refractivity contribution in [2.24, 2.45) is 4.99 Å². The number of allylic oxidation sites excluding steroid dienone is 1. The summed E-state index contributed by atoms with van der Waals surface area (Å²) >= 11 is 5.84. The molecular weight excluding hydrogens is 646 g/mol. The van der Waals surface area contributed by atoms with Gasteiger partial charge in [0.25, 0.3) is 11.2 Å². The number of rotatable bonds is 8. The number of aromatic nitrogens is 3. The number of non-ortho nitro benzene ring substituents is 1. The molecule has 0 spiro atoms. The summed E-state index contributed by atoms with van der Waals surface area (Å²) < 4.78 is 13.1. The molecule has 0 fully saturated rings. The number of nitrogens with zero attached hydrogens (tertiary/aromatic N) is 5. The fourth-order valence-electron chi connectivity index (χ4n) is 4.39. The van der Waals surface area contributed by atoms with Gasteiger partial charge in [0.1, 0.15) is 5.75 Å². The predicted octanol–water partition coefficient (Wildman–Crippen LogP) is 4.42. The number of nitro benzene ring substituents is 1. The van der Waals surface area contributed by atoms with Crippen LogP contribution in [0.2, 0.25) is 0 Å². The van der Waals surface area contributed by atoms with Crippen LogP contribution in [0.5, 0.6) is 5.75 Å². The SMILES string of the molecule is CCOC(=O)C1=C(C)N=c2s/c(=C/c3cc([N+](=O)[O-])ccc3Sc3ncccn3)c(=O)n2[C@@H]1c1ccc(OC)c(Br)c1. The summed E-state index contributed by atoms with van der Waals surface area (Å²) in [5.41, 5.74) is 1.20. The number of halogens is 1. The highest BCUT2D eigenvalue weighted by Gasteiger charge is 2.33. The van der Waals surface area contributed by atoms with Crippen LogP contribution in [-0.2, 0) is 9.53 Å². The maximum atomic E-state index is 14.0. The molecule has 0 aliphatic carbocycles. The van der Waals surface area contributed by atoms with E-state index in [9.17, 15) is 19.7 Å². The van der Waals surface area contributed by atoms with Gasteiger partial charge in [0.05, 0.1) is 45.0 Å². The monoisotopic (exact) mass is 667 g/mol. The van der Waals surface area contributed by atoms with Gasteiger partial charge in [0.15, 0.2) is 9.96 Å². The van der Waals surface area contributed by atoms with Crippen molar-refractivity contribution in [1.82, 2.24) is 14.5 Å². The standard InChI is InChI=1S/C28H22BrN5O6S2/c1-4-40-26(36)23-15(2)32-28-33(24(23)16-6-8-20(39-3)19(29)13-16)25(35)22(42-28)14-17-12-18(34(37)38)7-9-21(17)41-27-30-10-5-11-31-27/h5-14,24H,4H2,1-3H3/b22-14+/t24-/m1/s1. The first-order valence-corrected chi connectivity index (χ1v) is 14.9. The van der Waals surface area contributed by atoms with Crippen molar-refractivity contribution in [3.05, 3.63) is 112 Å². The van der Waals surface area contributed by atoms with E-state index in [0.29, 0.717) is 41.9 Å². The number of carbonyl (C=O) groups is 1. The summed E-state index contributed by atoms with van der Waals surface area (Å²) in [5, 5.41) is 12.0. The second kappa shape index (κ2) is 12.4. The second-order valence-electron chi connectivity index (χ2n) is 8.81. The lowest BCUT2D eigenvalue weighted by atomic mass is 9.96. The molecule has 1 atom stereocenters. The minimum Gasteiger partial charge on any atom is -0.496 e. The Hall–Kier alpha value is -4.14. The van der Waals surface area contributed by atoms with Crippen LogP contribution in [0, 0.1) is 10.1 Å². The van der Waals surface area contributed by atoms with Gasteiger partial charge in [-0.15, -0.1) is 0 Å². The average molecular weight is 669 g/mol. The molecule has 2 aromatic carbocycles. The number of benzene rings is 2. The molecule has 11 nitrogen and oxygen atoms in total. The summed E-state index contributed by atoms with van der Waals surface area (Å²) in [6, 6.07) is 10.5. The highest BCUT2D eigenvalue weighted by molar-refractivity contribution is 9.10. The van der Waals surface area contributed by atoms with Crippen molar-refractivity contribution in [3.8, 4) is 5.75 Å². The number of carbonyl (C=O) groups excluding carboxylic acids is 1. The number of methoxy groups -OCH3 is 1. The molecule has 2 aromatic heterocycles. The van der Waals surface area contributed by atoms with Gasteiger partial charge in [-0.1, -0.05) is 17.4 Å². The van der Waals surface area contributed by atoms with Crippen LogP contribution in [0.25, 0.3) is 6.08 Å². The first-order chi connectivity index (χ1) is 20.2. The van der Waals surface area contributed by atoms with Gasteiger partial charge in [-0.3, -0.25) is 19.5 Å². The predicted molar refractivity (Wildman–Crippen MR) is 160 cm³/mol. The number of esters is 1. The molecule has 0 unspecified atom stereocenters. The Labute approximate surface area is 255 Å². The van der Waals surface area contributed by atoms with Crippen LogP contribution in [-0.4, -0.2) is 39.1 Å². The molecule has 4 aromatic rings. The smallest absolute Gasteiger partial charge is 0.338 e.